The highest BCUT2D eigenvalue weighted by Crippen LogP contribution is 2.24. The Morgan fingerprint density at radius 2 is 1.59 bits per heavy atom. The van der Waals surface area contributed by atoms with Crippen LogP contribution in [0.15, 0.2) is 48.5 Å². The van der Waals surface area contributed by atoms with Gasteiger partial charge in [-0.05, 0) is 47.2 Å². The van der Waals surface area contributed by atoms with Gasteiger partial charge in [-0.1, -0.05) is 45.0 Å². The van der Waals surface area contributed by atoms with Crippen LogP contribution in [0.4, 0.5) is 5.69 Å². The van der Waals surface area contributed by atoms with Crippen LogP contribution in [-0.4, -0.2) is 37.4 Å². The number of rotatable bonds is 8. The lowest BCUT2D eigenvalue weighted by molar-refractivity contribution is -0.128. The molecule has 0 saturated heterocycles. The molecule has 0 heterocycles. The van der Waals surface area contributed by atoms with Crippen LogP contribution in [0.5, 0.6) is 5.75 Å². The molecule has 0 aliphatic rings. The van der Waals surface area contributed by atoms with Crippen LogP contribution >= 0.6 is 0 Å². The summed E-state index contributed by atoms with van der Waals surface area (Å²) < 4.78 is 5.73. The maximum absolute atomic E-state index is 12.1. The average molecular weight is 397 g/mol. The number of carbonyl (C=O) groups excluding carboxylic acids is 2. The quantitative estimate of drug-likeness (QED) is 0.672. The smallest absolute Gasteiger partial charge is 0.226 e. The van der Waals surface area contributed by atoms with Crippen molar-refractivity contribution < 1.29 is 14.3 Å². The number of likely N-dealkylation sites (N-methyl/N-ethyl adjacent to an activating group) is 1. The van der Waals surface area contributed by atoms with Crippen LogP contribution < -0.4 is 10.1 Å². The molecule has 0 aliphatic carbocycles. The Bertz CT molecular complexity index is 804. The molecule has 0 saturated carbocycles. The minimum absolute atomic E-state index is 0.0474. The van der Waals surface area contributed by atoms with E-state index in [0.29, 0.717) is 25.9 Å². The zero-order valence-corrected chi connectivity index (χ0v) is 18.1. The van der Waals surface area contributed by atoms with E-state index in [2.05, 4.69) is 38.2 Å². The van der Waals surface area contributed by atoms with E-state index in [4.69, 9.17) is 4.74 Å². The lowest BCUT2D eigenvalue weighted by Crippen LogP contribution is -2.23. The molecule has 2 rings (SSSR count). The SMILES string of the molecule is CN(C)C(=O)Cc1ccc(NC(=O)CCCOc2ccc(C(C)(C)C)cc2)cc1. The summed E-state index contributed by atoms with van der Waals surface area (Å²) >= 11 is 0. The summed E-state index contributed by atoms with van der Waals surface area (Å²) in [5.74, 6) is 0.824. The van der Waals surface area contributed by atoms with Crippen molar-refractivity contribution in [2.24, 2.45) is 0 Å². The largest absolute Gasteiger partial charge is 0.494 e. The first kappa shape index (κ1) is 22.5. The van der Waals surface area contributed by atoms with Crippen LogP contribution in [0.3, 0.4) is 0 Å². The van der Waals surface area contributed by atoms with Gasteiger partial charge in [-0.3, -0.25) is 9.59 Å². The molecule has 2 aromatic rings. The average Bonchev–Trinajstić information content (AvgIpc) is 2.66. The molecule has 2 amide bonds. The molecule has 0 spiro atoms. The molecule has 5 nitrogen and oxygen atoms in total. The van der Waals surface area contributed by atoms with E-state index < -0.39 is 0 Å². The van der Waals surface area contributed by atoms with E-state index in [1.54, 1.807) is 19.0 Å². The number of hydrogen-bond acceptors (Lipinski definition) is 3. The molecule has 0 atom stereocenters. The Kier molecular flexibility index (Phi) is 7.82. The number of amides is 2. The first-order valence-corrected chi connectivity index (χ1v) is 9.97. The molecule has 5 heteroatoms. The van der Waals surface area contributed by atoms with Gasteiger partial charge in [0.25, 0.3) is 0 Å². The van der Waals surface area contributed by atoms with E-state index in [9.17, 15) is 9.59 Å². The Balaban J connectivity index is 1.71. The van der Waals surface area contributed by atoms with Crippen molar-refractivity contribution in [2.45, 2.75) is 45.4 Å². The Morgan fingerprint density at radius 3 is 2.14 bits per heavy atom. The second kappa shape index (κ2) is 10.1. The third-order valence-electron chi connectivity index (χ3n) is 4.63. The Hall–Kier alpha value is -2.82. The van der Waals surface area contributed by atoms with Gasteiger partial charge in [-0.25, -0.2) is 0 Å². The molecule has 0 fully saturated rings. The second-order valence-electron chi connectivity index (χ2n) is 8.44. The van der Waals surface area contributed by atoms with Crippen LogP contribution in [0.25, 0.3) is 0 Å². The van der Waals surface area contributed by atoms with Crippen LogP contribution in [-0.2, 0) is 21.4 Å². The summed E-state index contributed by atoms with van der Waals surface area (Å²) in [6.07, 6.45) is 1.39. The van der Waals surface area contributed by atoms with Crippen molar-refractivity contribution in [1.29, 1.82) is 0 Å². The summed E-state index contributed by atoms with van der Waals surface area (Å²) in [7, 11) is 3.48. The summed E-state index contributed by atoms with van der Waals surface area (Å²) in [4.78, 5) is 25.4. The van der Waals surface area contributed by atoms with Crippen LogP contribution in [0, 0.1) is 0 Å². The molecule has 156 valence electrons. The minimum atomic E-state index is -0.0474. The number of ether oxygens (including phenoxy) is 1. The molecule has 2 aromatic carbocycles. The van der Waals surface area contributed by atoms with Gasteiger partial charge in [0.05, 0.1) is 13.0 Å². The summed E-state index contributed by atoms with van der Waals surface area (Å²) in [6.45, 7) is 7.03. The molecular weight excluding hydrogens is 364 g/mol. The predicted octanol–water partition coefficient (Wildman–Crippen LogP) is 4.41. The molecule has 1 N–H and O–H groups in total. The van der Waals surface area contributed by atoms with Crippen LogP contribution in [0.1, 0.15) is 44.7 Å². The highest BCUT2D eigenvalue weighted by molar-refractivity contribution is 5.90. The summed E-state index contributed by atoms with van der Waals surface area (Å²) in [5.41, 5.74) is 3.04. The van der Waals surface area contributed by atoms with Crippen molar-refractivity contribution in [3.63, 3.8) is 0 Å². The van der Waals surface area contributed by atoms with Crippen LogP contribution in [0.2, 0.25) is 0 Å². The maximum atomic E-state index is 12.1. The fraction of sp³-hybridized carbons (Fsp3) is 0.417. The van der Waals surface area contributed by atoms with E-state index in [0.717, 1.165) is 17.0 Å². The number of nitrogens with one attached hydrogen (secondary N) is 1. The van der Waals surface area contributed by atoms with Gasteiger partial charge >= 0.3 is 0 Å². The van der Waals surface area contributed by atoms with Gasteiger partial charge < -0.3 is 15.0 Å². The molecule has 29 heavy (non-hydrogen) atoms. The standard InChI is InChI=1S/C24H32N2O3/c1-24(2,3)19-10-14-21(15-11-19)29-16-6-7-22(27)25-20-12-8-18(9-13-20)17-23(28)26(4)5/h8-15H,6-7,16-17H2,1-5H3,(H,25,27). The summed E-state index contributed by atoms with van der Waals surface area (Å²) in [5, 5.41) is 2.88. The van der Waals surface area contributed by atoms with E-state index in [1.165, 1.54) is 5.56 Å². The molecule has 0 bridgehead atoms. The molecule has 0 radical (unpaired) electrons. The van der Waals surface area contributed by atoms with E-state index in [1.807, 2.05) is 36.4 Å². The number of hydrogen-bond donors (Lipinski definition) is 1. The van der Waals surface area contributed by atoms with Gasteiger partial charge in [0.1, 0.15) is 5.75 Å². The lowest BCUT2D eigenvalue weighted by atomic mass is 9.87. The minimum Gasteiger partial charge on any atom is -0.494 e. The highest BCUT2D eigenvalue weighted by atomic mass is 16.5. The normalized spacial score (nSPS) is 11.1. The van der Waals surface area contributed by atoms with Gasteiger partial charge in [0.2, 0.25) is 11.8 Å². The second-order valence-corrected chi connectivity index (χ2v) is 8.44. The topological polar surface area (TPSA) is 58.6 Å². The van der Waals surface area contributed by atoms with Gasteiger partial charge in [-0.2, -0.15) is 0 Å². The fourth-order valence-corrected chi connectivity index (χ4v) is 2.74. The zero-order valence-electron chi connectivity index (χ0n) is 18.1. The molecule has 0 unspecified atom stereocenters. The van der Waals surface area contributed by atoms with Crippen molar-refractivity contribution >= 4 is 17.5 Å². The monoisotopic (exact) mass is 396 g/mol. The van der Waals surface area contributed by atoms with Crippen molar-refractivity contribution in [1.82, 2.24) is 4.90 Å². The van der Waals surface area contributed by atoms with Gasteiger partial charge in [0, 0.05) is 26.2 Å². The number of benzene rings is 2. The van der Waals surface area contributed by atoms with Crippen molar-refractivity contribution in [2.75, 3.05) is 26.0 Å². The maximum Gasteiger partial charge on any atom is 0.226 e. The number of nitrogens with zero attached hydrogens (tertiary/aromatic N) is 1. The fourth-order valence-electron chi connectivity index (χ4n) is 2.74. The van der Waals surface area contributed by atoms with Crippen molar-refractivity contribution in [3.8, 4) is 5.75 Å². The number of anilines is 1. The van der Waals surface area contributed by atoms with E-state index >= 15 is 0 Å². The van der Waals surface area contributed by atoms with E-state index in [-0.39, 0.29) is 17.2 Å². The first-order chi connectivity index (χ1) is 13.6. The Morgan fingerprint density at radius 1 is 0.966 bits per heavy atom. The third kappa shape index (κ3) is 7.60. The highest BCUT2D eigenvalue weighted by Gasteiger charge is 2.13. The van der Waals surface area contributed by atoms with Gasteiger partial charge in [0.15, 0.2) is 0 Å². The first-order valence-electron chi connectivity index (χ1n) is 9.97. The zero-order chi connectivity index (χ0) is 21.4. The number of carbonyl (C=O) groups is 2. The van der Waals surface area contributed by atoms with Gasteiger partial charge in [-0.15, -0.1) is 0 Å². The Labute approximate surface area is 174 Å². The lowest BCUT2D eigenvalue weighted by Gasteiger charge is -2.19. The molecule has 0 aromatic heterocycles. The van der Waals surface area contributed by atoms with Crippen molar-refractivity contribution in [3.05, 3.63) is 59.7 Å². The predicted molar refractivity (Wildman–Crippen MR) is 117 cm³/mol. The molecule has 0 aliphatic heterocycles. The summed E-state index contributed by atoms with van der Waals surface area (Å²) in [6, 6.07) is 15.5. The third-order valence-corrected chi connectivity index (χ3v) is 4.63. The molecular formula is C24H32N2O3.